The van der Waals surface area contributed by atoms with Crippen molar-refractivity contribution in [1.29, 1.82) is 0 Å². The van der Waals surface area contributed by atoms with Crippen LogP contribution < -0.4 is 11.1 Å². The van der Waals surface area contributed by atoms with Crippen molar-refractivity contribution in [3.05, 3.63) is 11.9 Å². The second kappa shape index (κ2) is 4.19. The van der Waals surface area contributed by atoms with Gasteiger partial charge in [0, 0.05) is 13.2 Å². The fourth-order valence-corrected chi connectivity index (χ4v) is 1.21. The molecule has 1 amide bonds. The molecule has 1 aromatic heterocycles. The maximum atomic E-state index is 11.3. The van der Waals surface area contributed by atoms with Gasteiger partial charge in [-0.3, -0.25) is 9.48 Å². The van der Waals surface area contributed by atoms with E-state index >= 15 is 0 Å². The van der Waals surface area contributed by atoms with Crippen LogP contribution >= 0.6 is 12.2 Å². The normalized spacial score (nSPS) is 9.86. The summed E-state index contributed by atoms with van der Waals surface area (Å²) in [6.45, 7) is 1.82. The molecule has 1 rings (SSSR count). The van der Waals surface area contributed by atoms with Crippen LogP contribution in [0.25, 0.3) is 0 Å². The first-order valence-electron chi connectivity index (χ1n) is 4.07. The molecule has 0 bridgehead atoms. The molecule has 1 aromatic rings. The highest BCUT2D eigenvalue weighted by Gasteiger charge is 2.07. The van der Waals surface area contributed by atoms with Gasteiger partial charge in [0.25, 0.3) is 0 Å². The van der Waals surface area contributed by atoms with E-state index < -0.39 is 0 Å². The minimum Gasteiger partial charge on any atom is -0.393 e. The van der Waals surface area contributed by atoms with Crippen LogP contribution in [0.15, 0.2) is 6.20 Å². The lowest BCUT2D eigenvalue weighted by molar-refractivity contribution is -0.115. The highest BCUT2D eigenvalue weighted by molar-refractivity contribution is 7.80. The topological polar surface area (TPSA) is 72.9 Å². The van der Waals surface area contributed by atoms with Crippen molar-refractivity contribution < 1.29 is 4.79 Å². The van der Waals surface area contributed by atoms with Gasteiger partial charge in [0.15, 0.2) is 0 Å². The molecule has 0 fully saturated rings. The van der Waals surface area contributed by atoms with E-state index in [1.165, 1.54) is 0 Å². The summed E-state index contributed by atoms with van der Waals surface area (Å²) in [5.41, 5.74) is 6.70. The van der Waals surface area contributed by atoms with Gasteiger partial charge in [-0.25, -0.2) is 0 Å². The maximum Gasteiger partial charge on any atom is 0.231 e. The van der Waals surface area contributed by atoms with E-state index in [2.05, 4.69) is 22.6 Å². The monoisotopic (exact) mass is 212 g/mol. The summed E-state index contributed by atoms with van der Waals surface area (Å²) < 4.78 is 1.63. The van der Waals surface area contributed by atoms with E-state index in [1.807, 2.05) is 6.92 Å². The number of aromatic nitrogens is 2. The smallest absolute Gasteiger partial charge is 0.231 e. The van der Waals surface area contributed by atoms with Crippen molar-refractivity contribution in [2.45, 2.75) is 13.3 Å². The second-order valence-electron chi connectivity index (χ2n) is 2.99. The first kappa shape index (κ1) is 10.6. The zero-order chi connectivity index (χ0) is 10.7. The molecule has 0 saturated heterocycles. The Kier molecular flexibility index (Phi) is 3.19. The molecule has 0 spiro atoms. The Labute approximate surface area is 87.3 Å². The molecule has 0 unspecified atom stereocenters. The van der Waals surface area contributed by atoms with Gasteiger partial charge < -0.3 is 11.1 Å². The lowest BCUT2D eigenvalue weighted by Gasteiger charge is -2.01. The number of carbonyl (C=O) groups excluding carboxylic acids is 1. The molecule has 0 aromatic carbocycles. The number of hydrogen-bond donors (Lipinski definition) is 2. The number of nitrogens with zero attached hydrogens (tertiary/aromatic N) is 2. The Morgan fingerprint density at radius 3 is 2.86 bits per heavy atom. The Balaban J connectivity index is 2.64. The summed E-state index contributed by atoms with van der Waals surface area (Å²) in [5, 5.41) is 6.75. The first-order chi connectivity index (χ1) is 6.49. The molecular formula is C8H12N4OS. The summed E-state index contributed by atoms with van der Waals surface area (Å²) >= 11 is 4.62. The number of hydrogen-bond acceptors (Lipinski definition) is 3. The minimum atomic E-state index is -0.214. The van der Waals surface area contributed by atoms with Crippen molar-refractivity contribution in [1.82, 2.24) is 9.78 Å². The molecule has 0 saturated carbocycles. The number of nitrogens with two attached hydrogens (primary N) is 1. The number of thiocarbonyl (C=S) groups is 1. The lowest BCUT2D eigenvalue weighted by Crippen LogP contribution is -2.20. The number of amides is 1. The van der Waals surface area contributed by atoms with Crippen molar-refractivity contribution in [2.75, 3.05) is 5.32 Å². The fraction of sp³-hybridized carbons (Fsp3) is 0.375. The molecule has 6 heteroatoms. The summed E-state index contributed by atoms with van der Waals surface area (Å²) in [4.78, 5) is 11.5. The van der Waals surface area contributed by atoms with Crippen LogP contribution in [0.1, 0.15) is 12.1 Å². The molecule has 5 nitrogen and oxygen atoms in total. The molecular weight excluding hydrogens is 200 g/mol. The Morgan fingerprint density at radius 2 is 2.43 bits per heavy atom. The quantitative estimate of drug-likeness (QED) is 0.709. The molecule has 0 aliphatic rings. The molecule has 0 aliphatic heterocycles. The van der Waals surface area contributed by atoms with Crippen molar-refractivity contribution in [3.63, 3.8) is 0 Å². The van der Waals surface area contributed by atoms with Crippen LogP contribution in [-0.2, 0) is 11.8 Å². The third kappa shape index (κ3) is 2.81. The number of aryl methyl sites for hydroxylation is 2. The molecule has 14 heavy (non-hydrogen) atoms. The second-order valence-corrected chi connectivity index (χ2v) is 3.52. The van der Waals surface area contributed by atoms with Gasteiger partial charge in [0.05, 0.1) is 22.8 Å². The fourth-order valence-electron chi connectivity index (χ4n) is 1.07. The molecule has 0 aliphatic carbocycles. The number of anilines is 1. The van der Waals surface area contributed by atoms with Crippen LogP contribution in [0.2, 0.25) is 0 Å². The Hall–Kier alpha value is -1.43. The predicted octanol–water partition coefficient (Wildman–Crippen LogP) is 0.343. The van der Waals surface area contributed by atoms with Gasteiger partial charge in [-0.05, 0) is 6.92 Å². The van der Waals surface area contributed by atoms with Gasteiger partial charge in [-0.2, -0.15) is 5.10 Å². The van der Waals surface area contributed by atoms with Crippen molar-refractivity contribution in [2.24, 2.45) is 12.8 Å². The molecule has 3 N–H and O–H groups in total. The van der Waals surface area contributed by atoms with E-state index in [0.717, 1.165) is 5.69 Å². The van der Waals surface area contributed by atoms with Crippen molar-refractivity contribution in [3.8, 4) is 0 Å². The summed E-state index contributed by atoms with van der Waals surface area (Å²) in [7, 11) is 1.79. The van der Waals surface area contributed by atoms with Crippen LogP contribution in [0.5, 0.6) is 0 Å². The van der Waals surface area contributed by atoms with Gasteiger partial charge in [0.2, 0.25) is 5.91 Å². The third-order valence-electron chi connectivity index (χ3n) is 1.62. The number of carbonyl (C=O) groups is 1. The zero-order valence-electron chi connectivity index (χ0n) is 8.07. The third-order valence-corrected chi connectivity index (χ3v) is 1.77. The van der Waals surface area contributed by atoms with Gasteiger partial charge >= 0.3 is 0 Å². The average molecular weight is 212 g/mol. The van der Waals surface area contributed by atoms with Crippen LogP contribution in [0.4, 0.5) is 5.69 Å². The number of nitrogens with one attached hydrogen (secondary N) is 1. The van der Waals surface area contributed by atoms with Crippen molar-refractivity contribution >= 4 is 28.8 Å². The summed E-state index contributed by atoms with van der Waals surface area (Å²) in [6.07, 6.45) is 1.79. The largest absolute Gasteiger partial charge is 0.393 e. The molecule has 0 radical (unpaired) electrons. The SMILES string of the molecule is Cc1nn(C)cc1NC(=O)CC(N)=S. The number of rotatable bonds is 3. The van der Waals surface area contributed by atoms with Crippen LogP contribution in [0, 0.1) is 6.92 Å². The van der Waals surface area contributed by atoms with Crippen LogP contribution in [-0.4, -0.2) is 20.7 Å². The Morgan fingerprint density at radius 1 is 1.79 bits per heavy atom. The average Bonchev–Trinajstić information content (AvgIpc) is 2.28. The van der Waals surface area contributed by atoms with E-state index in [0.29, 0.717) is 5.69 Å². The first-order valence-corrected chi connectivity index (χ1v) is 4.48. The zero-order valence-corrected chi connectivity index (χ0v) is 8.89. The van der Waals surface area contributed by atoms with E-state index in [-0.39, 0.29) is 17.3 Å². The maximum absolute atomic E-state index is 11.3. The van der Waals surface area contributed by atoms with Crippen LogP contribution in [0.3, 0.4) is 0 Å². The predicted molar refractivity (Wildman–Crippen MR) is 58.0 cm³/mol. The van der Waals surface area contributed by atoms with Gasteiger partial charge in [-0.1, -0.05) is 12.2 Å². The Bertz CT molecular complexity index is 371. The molecule has 0 atom stereocenters. The molecule has 76 valence electrons. The van der Waals surface area contributed by atoms with Gasteiger partial charge in [0.1, 0.15) is 0 Å². The summed E-state index contributed by atoms with van der Waals surface area (Å²) in [6, 6.07) is 0. The minimum absolute atomic E-state index is 0.0592. The van der Waals surface area contributed by atoms with Gasteiger partial charge in [-0.15, -0.1) is 0 Å². The highest BCUT2D eigenvalue weighted by atomic mass is 32.1. The molecule has 1 heterocycles. The summed E-state index contributed by atoms with van der Waals surface area (Å²) in [5.74, 6) is -0.214. The van der Waals surface area contributed by atoms with E-state index in [4.69, 9.17) is 5.73 Å². The van der Waals surface area contributed by atoms with E-state index in [9.17, 15) is 4.79 Å². The lowest BCUT2D eigenvalue weighted by atomic mass is 10.3. The highest BCUT2D eigenvalue weighted by Crippen LogP contribution is 2.11. The van der Waals surface area contributed by atoms with E-state index in [1.54, 1.807) is 17.9 Å². The standard InChI is InChI=1S/C8H12N4OS/c1-5-6(4-12(2)11-5)10-8(13)3-7(9)14/h4H,3H2,1-2H3,(H2,9,14)(H,10,13).